The summed E-state index contributed by atoms with van der Waals surface area (Å²) in [4.78, 5) is 6.72. The molecule has 0 unspecified atom stereocenters. The average Bonchev–Trinajstić information content (AvgIpc) is 3.23. The van der Waals surface area contributed by atoms with Crippen LogP contribution in [0.15, 0.2) is 41.0 Å². The standard InChI is InChI=1S/C15H15BrClN3/c16-11-7-13(17)15(19-8-11)20(12-5-6-12)9-10-3-1-2-4-14(10)18/h1-4,7-8,12H,5-6,9,18H2. The van der Waals surface area contributed by atoms with Gasteiger partial charge in [-0.2, -0.15) is 0 Å². The SMILES string of the molecule is Nc1ccccc1CN(c1ncc(Br)cc1Cl)C1CC1. The highest BCUT2D eigenvalue weighted by atomic mass is 79.9. The molecule has 2 N–H and O–H groups in total. The average molecular weight is 353 g/mol. The number of halogens is 2. The number of pyridine rings is 1. The lowest BCUT2D eigenvalue weighted by molar-refractivity contribution is 0.779. The molecule has 1 fully saturated rings. The predicted octanol–water partition coefficient (Wildman–Crippen LogP) is 4.25. The minimum absolute atomic E-state index is 0.515. The normalized spacial score (nSPS) is 14.3. The highest BCUT2D eigenvalue weighted by Gasteiger charge is 2.31. The molecule has 5 heteroatoms. The smallest absolute Gasteiger partial charge is 0.147 e. The topological polar surface area (TPSA) is 42.1 Å². The van der Waals surface area contributed by atoms with Crippen molar-refractivity contribution in [1.82, 2.24) is 4.98 Å². The van der Waals surface area contributed by atoms with Gasteiger partial charge in [0, 0.05) is 28.9 Å². The molecule has 1 aromatic heterocycles. The van der Waals surface area contributed by atoms with Crippen molar-refractivity contribution >= 4 is 39.0 Å². The van der Waals surface area contributed by atoms with Crippen LogP contribution in [0.25, 0.3) is 0 Å². The number of anilines is 2. The van der Waals surface area contributed by atoms with E-state index in [4.69, 9.17) is 17.3 Å². The van der Waals surface area contributed by atoms with E-state index in [2.05, 4.69) is 31.9 Å². The van der Waals surface area contributed by atoms with E-state index in [1.165, 1.54) is 12.8 Å². The number of benzene rings is 1. The van der Waals surface area contributed by atoms with Crippen LogP contribution < -0.4 is 10.6 Å². The molecule has 1 heterocycles. The zero-order valence-corrected chi connectivity index (χ0v) is 13.2. The van der Waals surface area contributed by atoms with Gasteiger partial charge in [0.15, 0.2) is 0 Å². The van der Waals surface area contributed by atoms with E-state index in [-0.39, 0.29) is 0 Å². The van der Waals surface area contributed by atoms with Gasteiger partial charge in [-0.3, -0.25) is 0 Å². The van der Waals surface area contributed by atoms with Crippen LogP contribution in [0.2, 0.25) is 5.02 Å². The highest BCUT2D eigenvalue weighted by Crippen LogP contribution is 2.36. The summed E-state index contributed by atoms with van der Waals surface area (Å²) >= 11 is 9.73. The molecule has 3 nitrogen and oxygen atoms in total. The van der Waals surface area contributed by atoms with Crippen molar-refractivity contribution < 1.29 is 0 Å². The fourth-order valence-corrected chi connectivity index (χ4v) is 2.98. The van der Waals surface area contributed by atoms with E-state index in [1.807, 2.05) is 24.3 Å². The summed E-state index contributed by atoms with van der Waals surface area (Å²) in [6, 6.07) is 10.3. The Morgan fingerprint density at radius 3 is 2.75 bits per heavy atom. The molecule has 0 amide bonds. The van der Waals surface area contributed by atoms with Gasteiger partial charge in [-0.25, -0.2) is 4.98 Å². The first kappa shape index (κ1) is 13.7. The zero-order chi connectivity index (χ0) is 14.1. The van der Waals surface area contributed by atoms with Crippen LogP contribution in [0.5, 0.6) is 0 Å². The minimum Gasteiger partial charge on any atom is -0.398 e. The third-order valence-electron chi connectivity index (χ3n) is 3.44. The predicted molar refractivity (Wildman–Crippen MR) is 87.0 cm³/mol. The molecule has 1 aliphatic rings. The number of nitrogens with two attached hydrogens (primary N) is 1. The molecule has 1 saturated carbocycles. The van der Waals surface area contributed by atoms with Crippen LogP contribution in [-0.4, -0.2) is 11.0 Å². The Kier molecular flexibility index (Phi) is 3.85. The first-order chi connectivity index (χ1) is 9.65. The molecule has 0 aliphatic heterocycles. The first-order valence-electron chi connectivity index (χ1n) is 6.56. The van der Waals surface area contributed by atoms with Gasteiger partial charge in [0.1, 0.15) is 5.82 Å². The quantitative estimate of drug-likeness (QED) is 0.837. The Morgan fingerprint density at radius 2 is 2.10 bits per heavy atom. The molecule has 104 valence electrons. The summed E-state index contributed by atoms with van der Waals surface area (Å²) in [6.45, 7) is 0.742. The van der Waals surface area contributed by atoms with Gasteiger partial charge in [0.2, 0.25) is 0 Å². The number of nitrogens with zero attached hydrogens (tertiary/aromatic N) is 2. The van der Waals surface area contributed by atoms with Gasteiger partial charge >= 0.3 is 0 Å². The number of para-hydroxylation sites is 1. The minimum atomic E-state index is 0.515. The van der Waals surface area contributed by atoms with Crippen LogP contribution in [0.4, 0.5) is 11.5 Å². The number of nitrogen functional groups attached to an aromatic ring is 1. The molecule has 2 aromatic rings. The second kappa shape index (κ2) is 5.62. The molecule has 3 rings (SSSR count). The summed E-state index contributed by atoms with van der Waals surface area (Å²) in [5, 5.41) is 0.667. The Balaban J connectivity index is 1.92. The second-order valence-electron chi connectivity index (χ2n) is 5.02. The molecular weight excluding hydrogens is 338 g/mol. The third-order valence-corrected chi connectivity index (χ3v) is 4.16. The van der Waals surface area contributed by atoms with Gasteiger partial charge in [-0.15, -0.1) is 0 Å². The van der Waals surface area contributed by atoms with E-state index < -0.39 is 0 Å². The first-order valence-corrected chi connectivity index (χ1v) is 7.73. The number of hydrogen-bond acceptors (Lipinski definition) is 3. The summed E-state index contributed by atoms with van der Waals surface area (Å²) in [5.41, 5.74) is 7.96. The lowest BCUT2D eigenvalue weighted by Crippen LogP contribution is -2.26. The highest BCUT2D eigenvalue weighted by molar-refractivity contribution is 9.10. The van der Waals surface area contributed by atoms with Crippen molar-refractivity contribution in [3.63, 3.8) is 0 Å². The van der Waals surface area contributed by atoms with Gasteiger partial charge < -0.3 is 10.6 Å². The van der Waals surface area contributed by atoms with E-state index in [9.17, 15) is 0 Å². The van der Waals surface area contributed by atoms with Gasteiger partial charge in [-0.1, -0.05) is 29.8 Å². The molecule has 0 saturated heterocycles. The van der Waals surface area contributed by atoms with Crippen molar-refractivity contribution in [1.29, 1.82) is 0 Å². The number of rotatable bonds is 4. The monoisotopic (exact) mass is 351 g/mol. The maximum Gasteiger partial charge on any atom is 0.147 e. The van der Waals surface area contributed by atoms with Crippen LogP contribution in [0.3, 0.4) is 0 Å². The van der Waals surface area contributed by atoms with E-state index in [1.54, 1.807) is 6.20 Å². The van der Waals surface area contributed by atoms with Crippen molar-refractivity contribution in [2.75, 3.05) is 10.6 Å². The van der Waals surface area contributed by atoms with Crippen LogP contribution in [0.1, 0.15) is 18.4 Å². The zero-order valence-electron chi connectivity index (χ0n) is 10.9. The number of hydrogen-bond donors (Lipinski definition) is 1. The second-order valence-corrected chi connectivity index (χ2v) is 6.34. The Labute approximate surface area is 131 Å². The third kappa shape index (κ3) is 2.91. The molecular formula is C15H15BrClN3. The number of aromatic nitrogens is 1. The molecule has 0 spiro atoms. The van der Waals surface area contributed by atoms with Crippen molar-refractivity contribution in [2.24, 2.45) is 0 Å². The van der Waals surface area contributed by atoms with Crippen LogP contribution >= 0.6 is 27.5 Å². The maximum atomic E-state index is 6.34. The summed E-state index contributed by atoms with van der Waals surface area (Å²) in [5.74, 6) is 0.834. The van der Waals surface area contributed by atoms with Crippen LogP contribution in [-0.2, 0) is 6.54 Å². The summed E-state index contributed by atoms with van der Waals surface area (Å²) < 4.78 is 0.890. The van der Waals surface area contributed by atoms with Crippen molar-refractivity contribution in [3.05, 3.63) is 51.6 Å². The Morgan fingerprint density at radius 1 is 1.35 bits per heavy atom. The maximum absolute atomic E-state index is 6.34. The van der Waals surface area contributed by atoms with E-state index in [0.29, 0.717) is 11.1 Å². The lowest BCUT2D eigenvalue weighted by Gasteiger charge is -2.25. The largest absolute Gasteiger partial charge is 0.398 e. The van der Waals surface area contributed by atoms with Gasteiger partial charge in [0.25, 0.3) is 0 Å². The Bertz CT molecular complexity index is 628. The van der Waals surface area contributed by atoms with Crippen LogP contribution in [0, 0.1) is 0 Å². The fraction of sp³-hybridized carbons (Fsp3) is 0.267. The molecule has 1 aliphatic carbocycles. The van der Waals surface area contributed by atoms with Crippen molar-refractivity contribution in [3.8, 4) is 0 Å². The summed E-state index contributed by atoms with van der Waals surface area (Å²) in [6.07, 6.45) is 4.15. The molecule has 0 atom stereocenters. The molecule has 20 heavy (non-hydrogen) atoms. The summed E-state index contributed by atoms with van der Waals surface area (Å²) in [7, 11) is 0. The Hall–Kier alpha value is -1.26. The van der Waals surface area contributed by atoms with Crippen molar-refractivity contribution in [2.45, 2.75) is 25.4 Å². The molecule has 0 radical (unpaired) electrons. The molecule has 1 aromatic carbocycles. The van der Waals surface area contributed by atoms with E-state index in [0.717, 1.165) is 28.1 Å². The van der Waals surface area contributed by atoms with Gasteiger partial charge in [-0.05, 0) is 46.5 Å². The fourth-order valence-electron chi connectivity index (χ4n) is 2.24. The van der Waals surface area contributed by atoms with Gasteiger partial charge in [0.05, 0.1) is 5.02 Å². The molecule has 0 bridgehead atoms. The van der Waals surface area contributed by atoms with E-state index >= 15 is 0 Å². The lowest BCUT2D eigenvalue weighted by atomic mass is 10.1.